The maximum Gasteiger partial charge on any atom is 0.199 e. The number of furan rings is 1. The quantitative estimate of drug-likeness (QED) is 0.840. The largest absolute Gasteiger partial charge is 0.444 e. The van der Waals surface area contributed by atoms with E-state index in [2.05, 4.69) is 11.4 Å². The van der Waals surface area contributed by atoms with E-state index in [1.807, 2.05) is 18.2 Å². The normalized spacial score (nSPS) is 19.1. The van der Waals surface area contributed by atoms with Gasteiger partial charge in [-0.2, -0.15) is 0 Å². The van der Waals surface area contributed by atoms with Crippen molar-refractivity contribution in [2.75, 3.05) is 6.54 Å². The van der Waals surface area contributed by atoms with Gasteiger partial charge in [-0.1, -0.05) is 18.2 Å². The first-order chi connectivity index (χ1) is 9.83. The van der Waals surface area contributed by atoms with Gasteiger partial charge >= 0.3 is 0 Å². The topological polar surface area (TPSA) is 25.2 Å². The molecule has 0 spiro atoms. The monoisotopic (exact) mass is 289 g/mol. The number of benzene rings is 1. The first-order valence-electron chi connectivity index (χ1n) is 7.69. The minimum absolute atomic E-state index is 0.535. The lowest BCUT2D eigenvalue weighted by Gasteiger charge is -2.16. The van der Waals surface area contributed by atoms with Gasteiger partial charge in [0, 0.05) is 17.5 Å². The van der Waals surface area contributed by atoms with Crippen molar-refractivity contribution < 1.29 is 4.42 Å². The second-order valence-corrected chi connectivity index (χ2v) is 6.66. The molecule has 2 fully saturated rings. The smallest absolute Gasteiger partial charge is 0.199 e. The lowest BCUT2D eigenvalue weighted by atomic mass is 9.98. The van der Waals surface area contributed by atoms with E-state index in [0.717, 1.165) is 47.4 Å². The Morgan fingerprint density at radius 3 is 2.55 bits per heavy atom. The minimum Gasteiger partial charge on any atom is -0.444 e. The van der Waals surface area contributed by atoms with E-state index in [-0.39, 0.29) is 0 Å². The van der Waals surface area contributed by atoms with Crippen LogP contribution in [0.5, 0.6) is 0 Å². The molecule has 2 saturated carbocycles. The zero-order valence-corrected chi connectivity index (χ0v) is 12.3. The van der Waals surface area contributed by atoms with Crippen molar-refractivity contribution in [1.82, 2.24) is 5.32 Å². The fourth-order valence-corrected chi connectivity index (χ4v) is 3.62. The molecule has 0 aliphatic heterocycles. The van der Waals surface area contributed by atoms with Crippen LogP contribution in [0.15, 0.2) is 28.7 Å². The minimum atomic E-state index is 0.535. The van der Waals surface area contributed by atoms with Crippen molar-refractivity contribution in [2.45, 2.75) is 32.2 Å². The highest BCUT2D eigenvalue weighted by Crippen LogP contribution is 2.48. The van der Waals surface area contributed by atoms with Gasteiger partial charge in [-0.25, -0.2) is 0 Å². The Labute approximate surface area is 124 Å². The summed E-state index contributed by atoms with van der Waals surface area (Å²) in [6, 6.07) is 8.08. The summed E-state index contributed by atoms with van der Waals surface area (Å²) in [5.41, 5.74) is 1.99. The van der Waals surface area contributed by atoms with Gasteiger partial charge in [0.15, 0.2) is 5.22 Å². The van der Waals surface area contributed by atoms with Gasteiger partial charge in [0.25, 0.3) is 0 Å². The number of para-hydroxylation sites is 1. The predicted octanol–water partition coefficient (Wildman–Crippen LogP) is 4.61. The highest BCUT2D eigenvalue weighted by atomic mass is 35.5. The molecular weight excluding hydrogens is 270 g/mol. The average molecular weight is 290 g/mol. The van der Waals surface area contributed by atoms with Crippen molar-refractivity contribution in [3.63, 3.8) is 0 Å². The number of fused-ring (bicyclic) bond motifs is 1. The van der Waals surface area contributed by atoms with Gasteiger partial charge in [-0.15, -0.1) is 0 Å². The molecule has 106 valence electrons. The molecule has 4 rings (SSSR count). The Morgan fingerprint density at radius 2 is 1.85 bits per heavy atom. The Balaban J connectivity index is 1.43. The van der Waals surface area contributed by atoms with Crippen molar-refractivity contribution >= 4 is 22.6 Å². The van der Waals surface area contributed by atoms with Crippen molar-refractivity contribution in [2.24, 2.45) is 17.8 Å². The molecule has 2 aromatic rings. The third kappa shape index (κ3) is 2.47. The lowest BCUT2D eigenvalue weighted by Crippen LogP contribution is -2.25. The number of rotatable bonds is 6. The van der Waals surface area contributed by atoms with Crippen LogP contribution in [0.3, 0.4) is 0 Å². The van der Waals surface area contributed by atoms with E-state index in [1.165, 1.54) is 25.7 Å². The highest BCUT2D eigenvalue weighted by Gasteiger charge is 2.40. The second-order valence-electron chi connectivity index (χ2n) is 6.32. The average Bonchev–Trinajstić information content (AvgIpc) is 3.34. The first-order valence-corrected chi connectivity index (χ1v) is 8.07. The molecule has 2 aliphatic carbocycles. The summed E-state index contributed by atoms with van der Waals surface area (Å²) in [4.78, 5) is 0. The first kappa shape index (κ1) is 12.7. The van der Waals surface area contributed by atoms with Crippen LogP contribution < -0.4 is 5.32 Å². The molecule has 1 N–H and O–H groups in total. The van der Waals surface area contributed by atoms with Gasteiger partial charge in [-0.3, -0.25) is 0 Å². The molecule has 1 aromatic carbocycles. The molecule has 3 heteroatoms. The molecule has 1 aromatic heterocycles. The van der Waals surface area contributed by atoms with E-state index in [9.17, 15) is 0 Å². The number of halogens is 1. The van der Waals surface area contributed by atoms with Crippen LogP contribution in [-0.2, 0) is 6.54 Å². The summed E-state index contributed by atoms with van der Waals surface area (Å²) < 4.78 is 5.60. The Kier molecular flexibility index (Phi) is 3.24. The number of hydrogen-bond acceptors (Lipinski definition) is 2. The molecular formula is C17H20ClNO. The Morgan fingerprint density at radius 1 is 1.15 bits per heavy atom. The fraction of sp³-hybridized carbons (Fsp3) is 0.529. The van der Waals surface area contributed by atoms with E-state index >= 15 is 0 Å². The van der Waals surface area contributed by atoms with Gasteiger partial charge in [-0.05, 0) is 67.6 Å². The van der Waals surface area contributed by atoms with Crippen LogP contribution in [-0.4, -0.2) is 6.54 Å². The third-order valence-electron chi connectivity index (χ3n) is 4.79. The van der Waals surface area contributed by atoms with Crippen LogP contribution in [0, 0.1) is 17.8 Å². The Hall–Kier alpha value is -0.990. The zero-order chi connectivity index (χ0) is 13.5. The molecule has 0 radical (unpaired) electrons. The molecule has 0 bridgehead atoms. The van der Waals surface area contributed by atoms with Crippen molar-refractivity contribution in [3.8, 4) is 0 Å². The Bertz CT molecular complexity index is 600. The second kappa shape index (κ2) is 5.09. The van der Waals surface area contributed by atoms with Crippen LogP contribution in [0.4, 0.5) is 0 Å². The SMILES string of the molecule is Clc1oc2ccccc2c1CNCC(C1CC1)C1CC1. The molecule has 0 amide bonds. The van der Waals surface area contributed by atoms with E-state index in [0.29, 0.717) is 5.22 Å². The van der Waals surface area contributed by atoms with Crippen LogP contribution in [0.1, 0.15) is 31.2 Å². The molecule has 2 aliphatic rings. The van der Waals surface area contributed by atoms with E-state index in [4.69, 9.17) is 16.0 Å². The summed E-state index contributed by atoms with van der Waals surface area (Å²) in [7, 11) is 0. The maximum atomic E-state index is 6.23. The highest BCUT2D eigenvalue weighted by molar-refractivity contribution is 6.30. The standard InChI is InChI=1S/C17H20ClNO/c18-17-15(13-3-1-2-4-16(13)20-17)10-19-9-14(11-5-6-11)12-7-8-12/h1-4,11-12,14,19H,5-10H2. The summed E-state index contributed by atoms with van der Waals surface area (Å²) in [6.07, 6.45) is 5.77. The van der Waals surface area contributed by atoms with E-state index in [1.54, 1.807) is 0 Å². The van der Waals surface area contributed by atoms with Gasteiger partial charge in [0.2, 0.25) is 0 Å². The van der Waals surface area contributed by atoms with Crippen LogP contribution in [0.2, 0.25) is 5.22 Å². The molecule has 20 heavy (non-hydrogen) atoms. The number of hydrogen-bond donors (Lipinski definition) is 1. The molecule has 2 nitrogen and oxygen atoms in total. The summed E-state index contributed by atoms with van der Waals surface area (Å²) in [5.74, 6) is 2.88. The van der Waals surface area contributed by atoms with Gasteiger partial charge in [0.05, 0.1) is 0 Å². The fourth-order valence-electron chi connectivity index (χ4n) is 3.36. The van der Waals surface area contributed by atoms with Gasteiger partial charge in [0.1, 0.15) is 5.58 Å². The van der Waals surface area contributed by atoms with Crippen LogP contribution in [0.25, 0.3) is 11.0 Å². The van der Waals surface area contributed by atoms with Crippen LogP contribution >= 0.6 is 11.6 Å². The molecule has 0 atom stereocenters. The summed E-state index contributed by atoms with van der Waals surface area (Å²) in [5, 5.41) is 5.29. The molecule has 0 saturated heterocycles. The third-order valence-corrected chi connectivity index (χ3v) is 5.09. The number of nitrogens with one attached hydrogen (secondary N) is 1. The maximum absolute atomic E-state index is 6.23. The summed E-state index contributed by atoms with van der Waals surface area (Å²) in [6.45, 7) is 1.94. The lowest BCUT2D eigenvalue weighted by molar-refractivity contribution is 0.378. The van der Waals surface area contributed by atoms with Gasteiger partial charge < -0.3 is 9.73 Å². The summed E-state index contributed by atoms with van der Waals surface area (Å²) >= 11 is 6.23. The molecule has 1 heterocycles. The zero-order valence-electron chi connectivity index (χ0n) is 11.6. The molecule has 0 unspecified atom stereocenters. The predicted molar refractivity (Wildman–Crippen MR) is 81.9 cm³/mol. The van der Waals surface area contributed by atoms with Crippen molar-refractivity contribution in [3.05, 3.63) is 35.0 Å². The van der Waals surface area contributed by atoms with Crippen molar-refractivity contribution in [1.29, 1.82) is 0 Å². The van der Waals surface area contributed by atoms with E-state index < -0.39 is 0 Å².